The summed E-state index contributed by atoms with van der Waals surface area (Å²) in [6.07, 6.45) is -0.105. The summed E-state index contributed by atoms with van der Waals surface area (Å²) in [7, 11) is 1.26. The summed E-state index contributed by atoms with van der Waals surface area (Å²) in [6.45, 7) is 7.05. The lowest BCUT2D eigenvalue weighted by atomic mass is 9.89. The number of non-ortho nitro benzene ring substituents is 1. The van der Waals surface area contributed by atoms with Crippen molar-refractivity contribution in [3.63, 3.8) is 0 Å². The van der Waals surface area contributed by atoms with E-state index in [1.165, 1.54) is 25.3 Å². The van der Waals surface area contributed by atoms with E-state index in [4.69, 9.17) is 4.74 Å². The lowest BCUT2D eigenvalue weighted by molar-refractivity contribution is -0.385. The van der Waals surface area contributed by atoms with Gasteiger partial charge in [-0.3, -0.25) is 14.9 Å². The van der Waals surface area contributed by atoms with Gasteiger partial charge in [-0.15, -0.1) is 4.72 Å². The lowest BCUT2D eigenvalue weighted by Gasteiger charge is -2.34. The molecule has 0 aliphatic carbocycles. The number of ether oxygens (including phenoxy) is 1. The number of rotatable bonds is 6. The molecule has 1 rings (SSSR count). The maximum Gasteiger partial charge on any atom is 0.307 e. The molecule has 0 heterocycles. The summed E-state index contributed by atoms with van der Waals surface area (Å²) in [5.74, 6) is -0.502. The van der Waals surface area contributed by atoms with Crippen LogP contribution in [0.15, 0.2) is 24.3 Å². The quantitative estimate of drug-likeness (QED) is 0.368. The van der Waals surface area contributed by atoms with Crippen molar-refractivity contribution < 1.29 is 19.0 Å². The summed E-state index contributed by atoms with van der Waals surface area (Å²) in [4.78, 5) is 22.2. The van der Waals surface area contributed by atoms with Crippen molar-refractivity contribution in [1.29, 1.82) is 0 Å². The zero-order valence-electron chi connectivity index (χ0n) is 13.9. The first-order valence-corrected chi connectivity index (χ1v) is 8.16. The normalized spacial score (nSPS) is 15.6. The van der Waals surface area contributed by atoms with Crippen LogP contribution in [0.25, 0.3) is 0 Å². The zero-order valence-corrected chi connectivity index (χ0v) is 14.7. The van der Waals surface area contributed by atoms with Gasteiger partial charge >= 0.3 is 5.97 Å². The van der Waals surface area contributed by atoms with Crippen molar-refractivity contribution in [2.24, 2.45) is 0 Å². The number of nitro groups is 1. The van der Waals surface area contributed by atoms with Gasteiger partial charge in [0.1, 0.15) is 4.75 Å². The van der Waals surface area contributed by atoms with Gasteiger partial charge in [-0.05, 0) is 33.3 Å². The second-order valence-electron chi connectivity index (χ2n) is 6.38. The minimum atomic E-state index is -1.47. The van der Waals surface area contributed by atoms with Crippen LogP contribution in [0.3, 0.4) is 0 Å². The van der Waals surface area contributed by atoms with Crippen molar-refractivity contribution in [3.05, 3.63) is 39.9 Å². The third kappa shape index (κ3) is 5.19. The Labute approximate surface area is 138 Å². The van der Waals surface area contributed by atoms with Crippen LogP contribution in [0.1, 0.15) is 39.7 Å². The zero-order chi connectivity index (χ0) is 17.8. The Morgan fingerprint density at radius 3 is 2.43 bits per heavy atom. The van der Waals surface area contributed by atoms with Gasteiger partial charge in [-0.25, -0.2) is 0 Å². The number of nitrogens with zero attached hydrogens (tertiary/aromatic N) is 1. The van der Waals surface area contributed by atoms with E-state index >= 15 is 0 Å². The van der Waals surface area contributed by atoms with E-state index in [-0.39, 0.29) is 12.1 Å². The third-order valence-electron chi connectivity index (χ3n) is 3.29. The maximum absolute atomic E-state index is 12.5. The highest BCUT2D eigenvalue weighted by Gasteiger charge is 2.39. The standard InChI is InChI=1S/C15H22N2O5S/c1-14(2,3)23(21)16-15(4,10-13(18)22-5)11-7-6-8-12(9-11)17(19)20/h6-9,16H,10H2,1-5H3/t15-,23?/m0/s1. The predicted molar refractivity (Wildman–Crippen MR) is 88.1 cm³/mol. The van der Waals surface area contributed by atoms with Crippen LogP contribution in [-0.2, 0) is 26.4 Å². The van der Waals surface area contributed by atoms with Crippen LogP contribution in [0.4, 0.5) is 5.69 Å². The van der Waals surface area contributed by atoms with Gasteiger partial charge in [0.2, 0.25) is 0 Å². The van der Waals surface area contributed by atoms with Gasteiger partial charge in [0.05, 0.1) is 24.0 Å². The summed E-state index contributed by atoms with van der Waals surface area (Å²) >= 11 is -1.47. The summed E-state index contributed by atoms with van der Waals surface area (Å²) in [6, 6.07) is 5.92. The first kappa shape index (κ1) is 19.4. The number of hydrogen-bond donors (Lipinski definition) is 1. The van der Waals surface area contributed by atoms with E-state index in [1.54, 1.807) is 33.8 Å². The number of esters is 1. The van der Waals surface area contributed by atoms with E-state index in [0.717, 1.165) is 0 Å². The van der Waals surface area contributed by atoms with Gasteiger partial charge in [-0.2, -0.15) is 0 Å². The molecule has 0 amide bonds. The SMILES string of the molecule is COC(=O)C[C@](C)(N[S+]([O-])C(C)(C)C)c1cccc([N+](=O)[O-])c1. The Morgan fingerprint density at radius 2 is 1.96 bits per heavy atom. The van der Waals surface area contributed by atoms with Crippen molar-refractivity contribution in [2.45, 2.75) is 44.4 Å². The van der Waals surface area contributed by atoms with E-state index in [2.05, 4.69) is 4.72 Å². The summed E-state index contributed by atoms with van der Waals surface area (Å²) in [5, 5.41) is 11.0. The number of nitro benzene ring substituents is 1. The molecule has 2 atom stereocenters. The molecule has 7 nitrogen and oxygen atoms in total. The number of carbonyl (C=O) groups is 1. The molecule has 128 valence electrons. The second kappa shape index (κ2) is 7.29. The van der Waals surface area contributed by atoms with Gasteiger partial charge in [0.15, 0.2) is 0 Å². The fourth-order valence-corrected chi connectivity index (χ4v) is 2.78. The molecule has 0 bridgehead atoms. The molecule has 1 N–H and O–H groups in total. The van der Waals surface area contributed by atoms with Gasteiger partial charge in [-0.1, -0.05) is 12.1 Å². The van der Waals surface area contributed by atoms with E-state index in [9.17, 15) is 19.5 Å². The largest absolute Gasteiger partial charge is 0.598 e. The lowest BCUT2D eigenvalue weighted by Crippen LogP contribution is -2.50. The van der Waals surface area contributed by atoms with E-state index in [0.29, 0.717) is 5.56 Å². The molecule has 0 aliphatic heterocycles. The molecule has 0 spiro atoms. The molecule has 0 saturated heterocycles. The van der Waals surface area contributed by atoms with Crippen molar-refractivity contribution >= 4 is 23.0 Å². The number of carbonyl (C=O) groups excluding carboxylic acids is 1. The summed E-state index contributed by atoms with van der Waals surface area (Å²) < 4.78 is 19.5. The van der Waals surface area contributed by atoms with Gasteiger partial charge < -0.3 is 9.29 Å². The Hall–Kier alpha value is -1.64. The Balaban J connectivity index is 3.25. The molecule has 1 unspecified atom stereocenters. The third-order valence-corrected chi connectivity index (χ3v) is 5.04. The van der Waals surface area contributed by atoms with Crippen LogP contribution in [-0.4, -0.2) is 27.3 Å². The van der Waals surface area contributed by atoms with Crippen LogP contribution >= 0.6 is 0 Å². The average Bonchev–Trinajstić information content (AvgIpc) is 2.46. The summed E-state index contributed by atoms with van der Waals surface area (Å²) in [5.41, 5.74) is -0.659. The highest BCUT2D eigenvalue weighted by Crippen LogP contribution is 2.31. The average molecular weight is 342 g/mol. The van der Waals surface area contributed by atoms with E-state index in [1.807, 2.05) is 0 Å². The molecule has 23 heavy (non-hydrogen) atoms. The number of hydrogen-bond acceptors (Lipinski definition) is 6. The molecule has 0 radical (unpaired) electrons. The number of benzene rings is 1. The second-order valence-corrected chi connectivity index (χ2v) is 8.34. The minimum absolute atomic E-state index is 0.0954. The molecule has 0 aromatic heterocycles. The van der Waals surface area contributed by atoms with Gasteiger partial charge in [0, 0.05) is 23.5 Å². The topological polar surface area (TPSA) is 105 Å². The monoisotopic (exact) mass is 342 g/mol. The first-order chi connectivity index (χ1) is 10.5. The molecule has 0 aliphatic rings. The van der Waals surface area contributed by atoms with Crippen molar-refractivity contribution in [1.82, 2.24) is 4.72 Å². The minimum Gasteiger partial charge on any atom is -0.598 e. The molecule has 1 aromatic rings. The van der Waals surface area contributed by atoms with Crippen LogP contribution < -0.4 is 4.72 Å². The molecule has 8 heteroatoms. The fraction of sp³-hybridized carbons (Fsp3) is 0.533. The van der Waals surface area contributed by atoms with E-state index < -0.39 is 32.5 Å². The van der Waals surface area contributed by atoms with Gasteiger partial charge in [0.25, 0.3) is 5.69 Å². The molecule has 1 aromatic carbocycles. The van der Waals surface area contributed by atoms with Crippen LogP contribution in [0.2, 0.25) is 0 Å². The van der Waals surface area contributed by atoms with Crippen molar-refractivity contribution in [3.8, 4) is 0 Å². The first-order valence-electron chi connectivity index (χ1n) is 7.01. The predicted octanol–water partition coefficient (Wildman–Crippen LogP) is 2.42. The highest BCUT2D eigenvalue weighted by atomic mass is 32.2. The maximum atomic E-state index is 12.5. The molecular weight excluding hydrogens is 320 g/mol. The Kier molecular flexibility index (Phi) is 6.15. The number of nitrogens with one attached hydrogen (secondary N) is 1. The smallest absolute Gasteiger partial charge is 0.307 e. The van der Waals surface area contributed by atoms with Crippen molar-refractivity contribution in [2.75, 3.05) is 7.11 Å². The Morgan fingerprint density at radius 1 is 1.35 bits per heavy atom. The van der Waals surface area contributed by atoms with Crippen LogP contribution in [0.5, 0.6) is 0 Å². The number of methoxy groups -OCH3 is 1. The Bertz CT molecular complexity index is 587. The fourth-order valence-electron chi connectivity index (χ4n) is 1.88. The molecule has 0 saturated carbocycles. The van der Waals surface area contributed by atoms with Crippen LogP contribution in [0, 0.1) is 10.1 Å². The molecule has 0 fully saturated rings. The molecular formula is C15H22N2O5S. The highest BCUT2D eigenvalue weighted by molar-refractivity contribution is 7.90.